The van der Waals surface area contributed by atoms with Crippen molar-refractivity contribution in [2.75, 3.05) is 24.6 Å². The van der Waals surface area contributed by atoms with Gasteiger partial charge in [0.2, 0.25) is 11.8 Å². The molecule has 7 heteroatoms. The Hall–Kier alpha value is -2.96. The quantitative estimate of drug-likeness (QED) is 0.447. The predicted molar refractivity (Wildman–Crippen MR) is 100 cm³/mol. The first-order valence-corrected chi connectivity index (χ1v) is 9.60. The molecule has 1 aliphatic carbocycles. The zero-order chi connectivity index (χ0) is 19.7. The Bertz CT molecular complexity index is 836. The number of fused-ring (bicyclic) bond motifs is 2. The van der Waals surface area contributed by atoms with Crippen LogP contribution in [0.3, 0.4) is 0 Å². The van der Waals surface area contributed by atoms with E-state index in [9.17, 15) is 19.2 Å². The molecule has 0 bridgehead atoms. The highest BCUT2D eigenvalue weighted by Gasteiger charge is 2.47. The maximum Gasteiger partial charge on any atom is 0.326 e. The molecule has 3 aliphatic rings. The van der Waals surface area contributed by atoms with E-state index in [0.29, 0.717) is 19.4 Å². The number of allylic oxidation sites excluding steroid dienone is 2. The number of aryl methyl sites for hydroxylation is 1. The van der Waals surface area contributed by atoms with Gasteiger partial charge in [-0.1, -0.05) is 30.4 Å². The molecule has 0 saturated carbocycles. The number of anilines is 1. The Morgan fingerprint density at radius 1 is 1.04 bits per heavy atom. The Morgan fingerprint density at radius 3 is 2.43 bits per heavy atom. The lowest BCUT2D eigenvalue weighted by Crippen LogP contribution is -2.40. The minimum Gasteiger partial charge on any atom is -0.454 e. The molecule has 0 radical (unpaired) electrons. The summed E-state index contributed by atoms with van der Waals surface area (Å²) in [6.45, 7) is -0.265. The molecule has 1 fully saturated rings. The molecule has 2 heterocycles. The molecule has 0 aromatic heterocycles. The summed E-state index contributed by atoms with van der Waals surface area (Å²) in [5.74, 6) is -2.46. The lowest BCUT2D eigenvalue weighted by molar-refractivity contribution is -0.154. The van der Waals surface area contributed by atoms with Crippen molar-refractivity contribution in [3.8, 4) is 0 Å². The van der Waals surface area contributed by atoms with Crippen LogP contribution in [-0.2, 0) is 30.3 Å². The predicted octanol–water partition coefficient (Wildman–Crippen LogP) is 1.46. The highest BCUT2D eigenvalue weighted by molar-refractivity contribution is 6.07. The second-order valence-corrected chi connectivity index (χ2v) is 7.36. The summed E-state index contributed by atoms with van der Waals surface area (Å²) in [6, 6.07) is 7.67. The molecular weight excluding hydrogens is 360 g/mol. The lowest BCUT2D eigenvalue weighted by atomic mass is 9.85. The first-order chi connectivity index (χ1) is 13.6. The summed E-state index contributed by atoms with van der Waals surface area (Å²) >= 11 is 0. The van der Waals surface area contributed by atoms with E-state index in [0.717, 1.165) is 29.0 Å². The maximum absolute atomic E-state index is 12.5. The van der Waals surface area contributed by atoms with Gasteiger partial charge in [-0.2, -0.15) is 0 Å². The number of para-hydroxylation sites is 1. The Kier molecular flexibility index (Phi) is 4.98. The molecule has 0 N–H and O–H groups in total. The molecule has 1 aromatic rings. The smallest absolute Gasteiger partial charge is 0.326 e. The molecule has 1 aromatic carbocycles. The zero-order valence-electron chi connectivity index (χ0n) is 15.5. The molecule has 146 valence electrons. The average Bonchev–Trinajstić information content (AvgIpc) is 2.96. The number of carbonyl (C=O) groups excluding carboxylic acids is 4. The second-order valence-electron chi connectivity index (χ2n) is 7.36. The minimum absolute atomic E-state index is 0.308. The van der Waals surface area contributed by atoms with Gasteiger partial charge in [0.15, 0.2) is 6.61 Å². The highest BCUT2D eigenvalue weighted by Crippen LogP contribution is 2.34. The third kappa shape index (κ3) is 3.32. The summed E-state index contributed by atoms with van der Waals surface area (Å²) in [6.07, 6.45) is 6.59. The van der Waals surface area contributed by atoms with Crippen LogP contribution in [0.25, 0.3) is 0 Å². The first-order valence-electron chi connectivity index (χ1n) is 9.60. The van der Waals surface area contributed by atoms with Gasteiger partial charge in [-0.15, -0.1) is 0 Å². The summed E-state index contributed by atoms with van der Waals surface area (Å²) in [5, 5.41) is 0. The van der Waals surface area contributed by atoms with Gasteiger partial charge in [-0.3, -0.25) is 24.1 Å². The molecule has 2 aliphatic heterocycles. The molecular formula is C21H22N2O5. The fourth-order valence-corrected chi connectivity index (χ4v) is 4.21. The molecule has 4 rings (SSSR count). The van der Waals surface area contributed by atoms with Crippen molar-refractivity contribution < 1.29 is 23.9 Å². The number of likely N-dealkylation sites (tertiary alicyclic amines) is 1. The van der Waals surface area contributed by atoms with Gasteiger partial charge in [0, 0.05) is 12.2 Å². The summed E-state index contributed by atoms with van der Waals surface area (Å²) in [7, 11) is 0. The van der Waals surface area contributed by atoms with E-state index >= 15 is 0 Å². The number of ether oxygens (including phenoxy) is 1. The molecule has 0 spiro atoms. The summed E-state index contributed by atoms with van der Waals surface area (Å²) in [4.78, 5) is 52.1. The Morgan fingerprint density at radius 2 is 1.71 bits per heavy atom. The van der Waals surface area contributed by atoms with Gasteiger partial charge in [-0.05, 0) is 37.3 Å². The Labute approximate surface area is 162 Å². The van der Waals surface area contributed by atoms with Crippen LogP contribution in [-0.4, -0.2) is 48.3 Å². The number of carbonyl (C=O) groups is 4. The van der Waals surface area contributed by atoms with E-state index in [1.54, 1.807) is 4.90 Å². The third-order valence-corrected chi connectivity index (χ3v) is 5.65. The fourth-order valence-electron chi connectivity index (χ4n) is 4.21. The van der Waals surface area contributed by atoms with Crippen molar-refractivity contribution in [3.63, 3.8) is 0 Å². The maximum atomic E-state index is 12.5. The molecule has 2 atom stereocenters. The van der Waals surface area contributed by atoms with Gasteiger partial charge in [-0.25, -0.2) is 0 Å². The number of benzene rings is 1. The van der Waals surface area contributed by atoms with Gasteiger partial charge in [0.05, 0.1) is 11.8 Å². The number of imide groups is 1. The fraction of sp³-hybridized carbons (Fsp3) is 0.429. The van der Waals surface area contributed by atoms with Crippen LogP contribution in [0.4, 0.5) is 5.69 Å². The van der Waals surface area contributed by atoms with Crippen molar-refractivity contribution in [1.82, 2.24) is 4.90 Å². The average molecular weight is 382 g/mol. The standard InChI is InChI=1S/C21H22N2O5/c24-18(22-11-5-7-14-6-1-4-10-17(14)22)13-28-19(25)12-23-20(26)15-8-2-3-9-16(15)21(23)27/h1-4,6,10,15-16H,5,7-9,11-13H2/t15-,16-/m1/s1. The van der Waals surface area contributed by atoms with Crippen molar-refractivity contribution in [2.45, 2.75) is 25.7 Å². The third-order valence-electron chi connectivity index (χ3n) is 5.65. The van der Waals surface area contributed by atoms with Crippen LogP contribution in [0.2, 0.25) is 0 Å². The van der Waals surface area contributed by atoms with Gasteiger partial charge >= 0.3 is 5.97 Å². The SMILES string of the molecule is O=C(CN1C(=O)[C@@H]2CC=CC[C@H]2C1=O)OCC(=O)N1CCCc2ccccc21. The lowest BCUT2D eigenvalue weighted by Gasteiger charge is -2.29. The number of rotatable bonds is 4. The van der Waals surface area contributed by atoms with Crippen LogP contribution in [0.1, 0.15) is 24.8 Å². The van der Waals surface area contributed by atoms with Crippen LogP contribution in [0.15, 0.2) is 36.4 Å². The minimum atomic E-state index is -0.744. The summed E-state index contributed by atoms with van der Waals surface area (Å²) in [5.41, 5.74) is 1.94. The zero-order valence-corrected chi connectivity index (χ0v) is 15.5. The van der Waals surface area contributed by atoms with Crippen molar-refractivity contribution in [2.24, 2.45) is 11.8 Å². The van der Waals surface area contributed by atoms with Crippen LogP contribution >= 0.6 is 0 Å². The van der Waals surface area contributed by atoms with E-state index in [2.05, 4.69) is 0 Å². The van der Waals surface area contributed by atoms with Gasteiger partial charge < -0.3 is 9.64 Å². The monoisotopic (exact) mass is 382 g/mol. The summed E-state index contributed by atoms with van der Waals surface area (Å²) < 4.78 is 5.09. The van der Waals surface area contributed by atoms with Crippen molar-refractivity contribution in [3.05, 3.63) is 42.0 Å². The normalized spacial score (nSPS) is 23.4. The van der Waals surface area contributed by atoms with Crippen LogP contribution < -0.4 is 4.90 Å². The highest BCUT2D eigenvalue weighted by atomic mass is 16.5. The van der Waals surface area contributed by atoms with Crippen LogP contribution in [0, 0.1) is 11.8 Å². The molecule has 28 heavy (non-hydrogen) atoms. The molecule has 7 nitrogen and oxygen atoms in total. The van der Waals surface area contributed by atoms with Crippen LogP contribution in [0.5, 0.6) is 0 Å². The van der Waals surface area contributed by atoms with Crippen molar-refractivity contribution >= 4 is 29.4 Å². The van der Waals surface area contributed by atoms with Crippen molar-refractivity contribution in [1.29, 1.82) is 0 Å². The van der Waals surface area contributed by atoms with E-state index in [4.69, 9.17) is 4.74 Å². The van der Waals surface area contributed by atoms with Gasteiger partial charge in [0.1, 0.15) is 6.54 Å². The van der Waals surface area contributed by atoms with E-state index < -0.39 is 19.1 Å². The first kappa shape index (κ1) is 18.4. The number of hydrogen-bond acceptors (Lipinski definition) is 5. The topological polar surface area (TPSA) is 84.0 Å². The number of esters is 1. The van der Waals surface area contributed by atoms with Gasteiger partial charge in [0.25, 0.3) is 5.91 Å². The van der Waals surface area contributed by atoms with E-state index in [1.165, 1.54) is 0 Å². The largest absolute Gasteiger partial charge is 0.454 e. The number of amides is 3. The molecule has 1 saturated heterocycles. The molecule has 0 unspecified atom stereocenters. The second kappa shape index (κ2) is 7.58. The number of nitrogens with zero attached hydrogens (tertiary/aromatic N) is 2. The number of hydrogen-bond donors (Lipinski definition) is 0. The van der Waals surface area contributed by atoms with E-state index in [1.807, 2.05) is 36.4 Å². The van der Waals surface area contributed by atoms with E-state index in [-0.39, 0.29) is 29.6 Å². The Balaban J connectivity index is 1.33. The molecule has 3 amide bonds.